The number of aliphatic hydroxyl groups excluding tert-OH is 2. The van der Waals surface area contributed by atoms with E-state index in [1.807, 2.05) is 6.08 Å². The number of carbonyl (C=O) groups excluding carboxylic acids is 2. The van der Waals surface area contributed by atoms with Gasteiger partial charge in [-0.1, -0.05) is 237 Å². The molecule has 6 heteroatoms. The number of carbonyl (C=O) groups is 2. The molecule has 0 aliphatic heterocycles. The lowest BCUT2D eigenvalue weighted by atomic mass is 10.0. The van der Waals surface area contributed by atoms with Crippen LogP contribution in [-0.4, -0.2) is 47.4 Å². The van der Waals surface area contributed by atoms with Crippen LogP contribution in [0.2, 0.25) is 0 Å². The zero-order valence-electron chi connectivity index (χ0n) is 40.6. The van der Waals surface area contributed by atoms with Gasteiger partial charge in [0.15, 0.2) is 0 Å². The lowest BCUT2D eigenvalue weighted by molar-refractivity contribution is -0.143. The second-order valence-corrected chi connectivity index (χ2v) is 18.2. The van der Waals surface area contributed by atoms with Gasteiger partial charge in [0.25, 0.3) is 0 Å². The Labute approximate surface area is 379 Å². The molecule has 0 spiro atoms. The van der Waals surface area contributed by atoms with Crippen LogP contribution in [0.3, 0.4) is 0 Å². The molecule has 0 aromatic heterocycles. The molecule has 0 aromatic rings. The average Bonchev–Trinajstić information content (AvgIpc) is 3.26. The summed E-state index contributed by atoms with van der Waals surface area (Å²) in [6.07, 6.45) is 61.6. The fourth-order valence-electron chi connectivity index (χ4n) is 8.02. The van der Waals surface area contributed by atoms with Crippen LogP contribution >= 0.6 is 0 Å². The first kappa shape index (κ1) is 59.1. The SMILES string of the molecule is CCCCCC/C=C\C/C=C\CCCCCCCCCC(=O)OCCCCCCCCCCCCCCCCCCCC(=O)NC(CO)C(O)/C=C/CCCCCCCCC. The number of ether oxygens (including phenoxy) is 1. The smallest absolute Gasteiger partial charge is 0.305 e. The van der Waals surface area contributed by atoms with E-state index in [1.54, 1.807) is 6.08 Å². The van der Waals surface area contributed by atoms with Gasteiger partial charge in [-0.05, 0) is 64.2 Å². The monoisotopic (exact) mass is 858 g/mol. The molecule has 0 heterocycles. The lowest BCUT2D eigenvalue weighted by Crippen LogP contribution is -2.45. The Morgan fingerprint density at radius 2 is 0.820 bits per heavy atom. The van der Waals surface area contributed by atoms with Gasteiger partial charge in [-0.15, -0.1) is 0 Å². The fourth-order valence-corrected chi connectivity index (χ4v) is 8.02. The predicted molar refractivity (Wildman–Crippen MR) is 264 cm³/mol. The molecule has 0 saturated carbocycles. The van der Waals surface area contributed by atoms with Gasteiger partial charge in [-0.2, -0.15) is 0 Å². The Bertz CT molecular complexity index is 993. The number of allylic oxidation sites excluding steroid dienone is 5. The van der Waals surface area contributed by atoms with Crippen molar-refractivity contribution in [3.05, 3.63) is 36.5 Å². The number of hydrogen-bond acceptors (Lipinski definition) is 5. The summed E-state index contributed by atoms with van der Waals surface area (Å²) in [6.45, 7) is 4.84. The third kappa shape index (κ3) is 47.4. The molecule has 0 aliphatic rings. The van der Waals surface area contributed by atoms with Crippen LogP contribution in [0.15, 0.2) is 36.5 Å². The van der Waals surface area contributed by atoms with Crippen molar-refractivity contribution in [2.24, 2.45) is 0 Å². The zero-order valence-corrected chi connectivity index (χ0v) is 40.6. The van der Waals surface area contributed by atoms with Crippen molar-refractivity contribution >= 4 is 11.9 Å². The Morgan fingerprint density at radius 3 is 1.26 bits per heavy atom. The Kier molecular flexibility index (Phi) is 49.1. The molecule has 1 amide bonds. The molecular weight excluding hydrogens is 755 g/mol. The largest absolute Gasteiger partial charge is 0.466 e. The quantitative estimate of drug-likeness (QED) is 0.0322. The molecule has 0 rings (SSSR count). The van der Waals surface area contributed by atoms with Crippen LogP contribution in [0.4, 0.5) is 0 Å². The van der Waals surface area contributed by atoms with E-state index >= 15 is 0 Å². The Hall–Kier alpha value is -1.92. The highest BCUT2D eigenvalue weighted by atomic mass is 16.5. The molecule has 358 valence electrons. The minimum atomic E-state index is -0.846. The summed E-state index contributed by atoms with van der Waals surface area (Å²) >= 11 is 0. The molecule has 6 nitrogen and oxygen atoms in total. The number of unbranched alkanes of at least 4 members (excludes halogenated alkanes) is 34. The summed E-state index contributed by atoms with van der Waals surface area (Å²) in [7, 11) is 0. The summed E-state index contributed by atoms with van der Waals surface area (Å²) in [4.78, 5) is 24.4. The van der Waals surface area contributed by atoms with Gasteiger partial charge >= 0.3 is 5.97 Å². The summed E-state index contributed by atoms with van der Waals surface area (Å²) < 4.78 is 5.48. The maximum absolute atomic E-state index is 12.4. The van der Waals surface area contributed by atoms with E-state index in [0.29, 0.717) is 19.4 Å². The maximum Gasteiger partial charge on any atom is 0.305 e. The highest BCUT2D eigenvalue weighted by Crippen LogP contribution is 2.16. The summed E-state index contributed by atoms with van der Waals surface area (Å²) in [5.74, 6) is -0.0804. The van der Waals surface area contributed by atoms with E-state index in [1.165, 1.54) is 199 Å². The Morgan fingerprint density at radius 1 is 0.459 bits per heavy atom. The molecule has 2 unspecified atom stereocenters. The van der Waals surface area contributed by atoms with Crippen LogP contribution < -0.4 is 5.32 Å². The third-order valence-corrected chi connectivity index (χ3v) is 12.2. The minimum Gasteiger partial charge on any atom is -0.466 e. The van der Waals surface area contributed by atoms with Gasteiger partial charge in [0, 0.05) is 12.8 Å². The van der Waals surface area contributed by atoms with Gasteiger partial charge in [0.1, 0.15) is 0 Å². The number of hydrogen-bond donors (Lipinski definition) is 3. The van der Waals surface area contributed by atoms with Crippen molar-refractivity contribution in [2.75, 3.05) is 13.2 Å². The summed E-state index contributed by atoms with van der Waals surface area (Å²) in [5, 5.41) is 22.9. The molecule has 0 radical (unpaired) electrons. The van der Waals surface area contributed by atoms with Gasteiger partial charge in [0.05, 0.1) is 25.4 Å². The van der Waals surface area contributed by atoms with Crippen molar-refractivity contribution in [3.8, 4) is 0 Å². The minimum absolute atomic E-state index is 0.00364. The van der Waals surface area contributed by atoms with Crippen molar-refractivity contribution in [1.29, 1.82) is 0 Å². The van der Waals surface area contributed by atoms with Crippen molar-refractivity contribution in [3.63, 3.8) is 0 Å². The van der Waals surface area contributed by atoms with E-state index < -0.39 is 12.1 Å². The summed E-state index contributed by atoms with van der Waals surface area (Å²) in [5.41, 5.74) is 0. The van der Waals surface area contributed by atoms with E-state index in [-0.39, 0.29) is 18.5 Å². The van der Waals surface area contributed by atoms with Crippen LogP contribution in [0.25, 0.3) is 0 Å². The molecular formula is C55H103NO5. The number of aliphatic hydroxyl groups is 2. The highest BCUT2D eigenvalue weighted by Gasteiger charge is 2.18. The first-order chi connectivity index (χ1) is 30.0. The fraction of sp³-hybridized carbons (Fsp3) is 0.855. The van der Waals surface area contributed by atoms with Crippen LogP contribution in [-0.2, 0) is 14.3 Å². The molecule has 3 N–H and O–H groups in total. The van der Waals surface area contributed by atoms with Gasteiger partial charge in [-0.25, -0.2) is 0 Å². The molecule has 0 fully saturated rings. The van der Waals surface area contributed by atoms with Crippen molar-refractivity contribution in [2.45, 2.75) is 289 Å². The second-order valence-electron chi connectivity index (χ2n) is 18.2. The lowest BCUT2D eigenvalue weighted by Gasteiger charge is -2.20. The average molecular weight is 858 g/mol. The van der Waals surface area contributed by atoms with Gasteiger partial charge < -0.3 is 20.3 Å². The number of nitrogens with one attached hydrogen (secondary N) is 1. The van der Waals surface area contributed by atoms with Crippen molar-refractivity contribution in [1.82, 2.24) is 5.32 Å². The molecule has 0 saturated heterocycles. The van der Waals surface area contributed by atoms with E-state index in [0.717, 1.165) is 51.4 Å². The number of esters is 1. The number of amides is 1. The third-order valence-electron chi connectivity index (χ3n) is 12.2. The molecule has 0 aliphatic carbocycles. The van der Waals surface area contributed by atoms with E-state index in [2.05, 4.69) is 43.5 Å². The molecule has 61 heavy (non-hydrogen) atoms. The van der Waals surface area contributed by atoms with Crippen molar-refractivity contribution < 1.29 is 24.5 Å². The standard InChI is InChI=1S/C55H103NO5/c1-3-5-7-9-11-13-14-15-16-17-20-23-26-29-33-37-41-45-49-55(60)61-50-46-42-38-34-30-27-24-21-18-19-22-25-28-32-36-40-44-48-54(59)56-52(51-57)53(58)47-43-39-35-31-12-10-8-6-4-2/h13-14,16-17,43,47,52-53,57-58H,3-12,15,18-42,44-46,48-51H2,1-2H3,(H,56,59)/b14-13-,17-16-,47-43+. The summed E-state index contributed by atoms with van der Waals surface area (Å²) in [6, 6.07) is -0.630. The topological polar surface area (TPSA) is 95.9 Å². The van der Waals surface area contributed by atoms with Gasteiger partial charge in [-0.3, -0.25) is 9.59 Å². The van der Waals surface area contributed by atoms with Crippen LogP contribution in [0.1, 0.15) is 277 Å². The first-order valence-electron chi connectivity index (χ1n) is 26.8. The molecule has 2 atom stereocenters. The van der Waals surface area contributed by atoms with Gasteiger partial charge in [0.2, 0.25) is 5.91 Å². The zero-order chi connectivity index (χ0) is 44.4. The van der Waals surface area contributed by atoms with Crippen LogP contribution in [0.5, 0.6) is 0 Å². The van der Waals surface area contributed by atoms with E-state index in [9.17, 15) is 19.8 Å². The second kappa shape index (κ2) is 50.7. The first-order valence-corrected chi connectivity index (χ1v) is 26.8. The normalized spacial score (nSPS) is 12.9. The molecule has 0 aromatic carbocycles. The van der Waals surface area contributed by atoms with Crippen LogP contribution in [0, 0.1) is 0 Å². The Balaban J connectivity index is 3.41. The number of rotatable bonds is 49. The maximum atomic E-state index is 12.4. The van der Waals surface area contributed by atoms with E-state index in [4.69, 9.17) is 4.74 Å². The molecule has 0 bridgehead atoms. The highest BCUT2D eigenvalue weighted by molar-refractivity contribution is 5.76. The predicted octanol–water partition coefficient (Wildman–Crippen LogP) is 16.1.